The molecule has 1 fully saturated rings. The van der Waals surface area contributed by atoms with Crippen LogP contribution in [0.15, 0.2) is 59.5 Å². The van der Waals surface area contributed by atoms with Gasteiger partial charge in [0.05, 0.1) is 5.56 Å². The van der Waals surface area contributed by atoms with Crippen LogP contribution in [0.1, 0.15) is 21.3 Å². The van der Waals surface area contributed by atoms with Gasteiger partial charge in [0, 0.05) is 10.6 Å². The molecular formula is C17H13NO2S2. The Hall–Kier alpha value is -1.72. The lowest BCUT2D eigenvalue weighted by Crippen LogP contribution is -2.40. The Labute approximate surface area is 137 Å². The number of fused-ring (bicyclic) bond motifs is 2. The second-order valence-corrected chi connectivity index (χ2v) is 7.40. The molecule has 2 heterocycles. The summed E-state index contributed by atoms with van der Waals surface area (Å²) in [5, 5.41) is -0.0290. The first-order valence-electron chi connectivity index (χ1n) is 7.05. The van der Waals surface area contributed by atoms with Gasteiger partial charge in [0.25, 0.3) is 5.91 Å². The summed E-state index contributed by atoms with van der Waals surface area (Å²) in [7, 11) is 0. The summed E-state index contributed by atoms with van der Waals surface area (Å²) in [5.41, 5.74) is 1.70. The molecule has 0 spiro atoms. The monoisotopic (exact) mass is 327 g/mol. The molecule has 1 amide bonds. The maximum Gasteiger partial charge on any atom is 0.256 e. The lowest BCUT2D eigenvalue weighted by molar-refractivity contribution is -0.114. The summed E-state index contributed by atoms with van der Waals surface area (Å²) in [4.78, 5) is 28.1. The van der Waals surface area contributed by atoms with Gasteiger partial charge in [-0.25, -0.2) is 0 Å². The summed E-state index contributed by atoms with van der Waals surface area (Å²) in [5.74, 6) is 0.614. The van der Waals surface area contributed by atoms with Gasteiger partial charge < -0.3 is 4.90 Å². The Morgan fingerprint density at radius 1 is 0.955 bits per heavy atom. The highest BCUT2D eigenvalue weighted by Gasteiger charge is 2.45. The molecule has 0 radical (unpaired) electrons. The maximum absolute atomic E-state index is 13.0. The van der Waals surface area contributed by atoms with E-state index in [2.05, 4.69) is 0 Å². The van der Waals surface area contributed by atoms with E-state index in [1.165, 1.54) is 11.8 Å². The minimum absolute atomic E-state index is 0.0437. The predicted octanol–water partition coefficient (Wildman–Crippen LogP) is 3.58. The molecule has 1 unspecified atom stereocenters. The first-order valence-corrected chi connectivity index (χ1v) is 8.92. The Morgan fingerprint density at radius 3 is 2.50 bits per heavy atom. The fourth-order valence-corrected chi connectivity index (χ4v) is 5.35. The zero-order valence-corrected chi connectivity index (χ0v) is 13.3. The molecular weight excluding hydrogens is 314 g/mol. The number of hydrogen-bond acceptors (Lipinski definition) is 4. The highest BCUT2D eigenvalue weighted by molar-refractivity contribution is 8.14. The molecule has 4 rings (SSSR count). The molecule has 2 aliphatic heterocycles. The number of nitrogens with zero attached hydrogens (tertiary/aromatic N) is 1. The summed E-state index contributed by atoms with van der Waals surface area (Å²) in [6.45, 7) is 0. The van der Waals surface area contributed by atoms with Crippen LogP contribution in [0.25, 0.3) is 0 Å². The molecule has 1 saturated heterocycles. The number of amides is 1. The smallest absolute Gasteiger partial charge is 0.256 e. The lowest BCUT2D eigenvalue weighted by Gasteiger charge is -2.27. The molecule has 3 nitrogen and oxygen atoms in total. The fourth-order valence-electron chi connectivity index (χ4n) is 2.86. The van der Waals surface area contributed by atoms with Crippen molar-refractivity contribution < 1.29 is 9.59 Å². The van der Waals surface area contributed by atoms with Gasteiger partial charge in [0.15, 0.2) is 0 Å². The molecule has 22 heavy (non-hydrogen) atoms. The molecule has 0 aliphatic carbocycles. The minimum Gasteiger partial charge on any atom is -0.311 e. The van der Waals surface area contributed by atoms with Crippen LogP contribution in [0, 0.1) is 0 Å². The molecule has 5 heteroatoms. The van der Waals surface area contributed by atoms with Gasteiger partial charge in [-0.1, -0.05) is 42.5 Å². The van der Waals surface area contributed by atoms with Crippen molar-refractivity contribution in [1.82, 2.24) is 4.90 Å². The van der Waals surface area contributed by atoms with Gasteiger partial charge in [-0.2, -0.15) is 0 Å². The van der Waals surface area contributed by atoms with E-state index in [1.807, 2.05) is 54.6 Å². The van der Waals surface area contributed by atoms with Crippen LogP contribution >= 0.6 is 23.5 Å². The highest BCUT2D eigenvalue weighted by Crippen LogP contribution is 2.46. The molecule has 110 valence electrons. The largest absolute Gasteiger partial charge is 0.311 e. The van der Waals surface area contributed by atoms with Crippen LogP contribution in [0.2, 0.25) is 0 Å². The normalized spacial score (nSPS) is 23.9. The van der Waals surface area contributed by atoms with Crippen LogP contribution in [-0.4, -0.2) is 27.7 Å². The summed E-state index contributed by atoms with van der Waals surface area (Å²) < 4.78 is 0. The van der Waals surface area contributed by atoms with E-state index < -0.39 is 0 Å². The third-order valence-corrected chi connectivity index (χ3v) is 6.29. The van der Waals surface area contributed by atoms with Crippen LogP contribution in [0.3, 0.4) is 0 Å². The van der Waals surface area contributed by atoms with Crippen molar-refractivity contribution in [3.05, 3.63) is 65.7 Å². The van der Waals surface area contributed by atoms with Gasteiger partial charge in [0.1, 0.15) is 11.4 Å². The molecule has 0 N–H and O–H groups in total. The molecule has 0 aromatic heterocycles. The quantitative estimate of drug-likeness (QED) is 0.802. The predicted molar refractivity (Wildman–Crippen MR) is 88.9 cm³/mol. The first kappa shape index (κ1) is 13.9. The van der Waals surface area contributed by atoms with Crippen molar-refractivity contribution in [2.75, 3.05) is 5.75 Å². The Bertz CT molecular complexity index is 747. The SMILES string of the molecule is O=C1Sc2ccccc2C(=O)N2C(c3ccccc3)SC[C@@H]12. The number of thioether (sulfide) groups is 2. The van der Waals surface area contributed by atoms with Crippen LogP contribution in [0.4, 0.5) is 0 Å². The second-order valence-electron chi connectivity index (χ2n) is 5.24. The van der Waals surface area contributed by atoms with Crippen molar-refractivity contribution >= 4 is 34.5 Å². The summed E-state index contributed by atoms with van der Waals surface area (Å²) in [6.07, 6.45) is 0. The van der Waals surface area contributed by atoms with Gasteiger partial charge in [-0.3, -0.25) is 9.59 Å². The maximum atomic E-state index is 13.0. The summed E-state index contributed by atoms with van der Waals surface area (Å²) >= 11 is 2.86. The van der Waals surface area contributed by atoms with E-state index in [0.29, 0.717) is 11.3 Å². The van der Waals surface area contributed by atoms with Gasteiger partial charge in [-0.15, -0.1) is 11.8 Å². The Balaban J connectivity index is 1.80. The van der Waals surface area contributed by atoms with E-state index in [0.717, 1.165) is 10.5 Å². The minimum atomic E-state index is -0.347. The van der Waals surface area contributed by atoms with E-state index in [4.69, 9.17) is 0 Å². The number of carbonyl (C=O) groups is 2. The third kappa shape index (κ3) is 2.16. The third-order valence-electron chi connectivity index (χ3n) is 3.92. The van der Waals surface area contributed by atoms with Crippen LogP contribution in [0.5, 0.6) is 0 Å². The number of carbonyl (C=O) groups excluding carboxylic acids is 2. The average Bonchev–Trinajstić information content (AvgIpc) is 2.96. The molecule has 2 aliphatic rings. The van der Waals surface area contributed by atoms with Crippen molar-refractivity contribution in [1.29, 1.82) is 0 Å². The van der Waals surface area contributed by atoms with E-state index in [1.54, 1.807) is 16.7 Å². The molecule has 2 aromatic carbocycles. The number of rotatable bonds is 1. The first-order chi connectivity index (χ1) is 10.8. The van der Waals surface area contributed by atoms with Gasteiger partial charge >= 0.3 is 0 Å². The zero-order valence-electron chi connectivity index (χ0n) is 11.6. The second kappa shape index (κ2) is 5.48. The van der Waals surface area contributed by atoms with Crippen molar-refractivity contribution in [2.24, 2.45) is 0 Å². The number of hydrogen-bond donors (Lipinski definition) is 0. The lowest BCUT2D eigenvalue weighted by atomic mass is 10.1. The number of benzene rings is 2. The van der Waals surface area contributed by atoms with Crippen LogP contribution < -0.4 is 0 Å². The van der Waals surface area contributed by atoms with Gasteiger partial charge in [-0.05, 0) is 29.5 Å². The van der Waals surface area contributed by atoms with Crippen LogP contribution in [-0.2, 0) is 4.79 Å². The van der Waals surface area contributed by atoms with Crippen molar-refractivity contribution in [3.63, 3.8) is 0 Å². The van der Waals surface area contributed by atoms with Gasteiger partial charge in [0.2, 0.25) is 5.12 Å². The molecule has 0 saturated carbocycles. The van der Waals surface area contributed by atoms with E-state index in [9.17, 15) is 9.59 Å². The highest BCUT2D eigenvalue weighted by atomic mass is 32.2. The fraction of sp³-hybridized carbons (Fsp3) is 0.176. The Kier molecular flexibility index (Phi) is 3.47. The molecule has 2 aromatic rings. The standard InChI is InChI=1S/C17H13NO2S2/c19-15-12-8-4-5-9-14(12)22-17(20)13-10-21-16(18(13)15)11-6-2-1-3-7-11/h1-9,13,16H,10H2/t13-,16?/m0/s1. The molecule has 2 atom stereocenters. The average molecular weight is 327 g/mol. The topological polar surface area (TPSA) is 37.4 Å². The van der Waals surface area contributed by atoms with E-state index >= 15 is 0 Å². The van der Waals surface area contributed by atoms with Crippen molar-refractivity contribution in [3.8, 4) is 0 Å². The van der Waals surface area contributed by atoms with Crippen molar-refractivity contribution in [2.45, 2.75) is 16.3 Å². The van der Waals surface area contributed by atoms with E-state index in [-0.39, 0.29) is 22.4 Å². The summed E-state index contributed by atoms with van der Waals surface area (Å²) in [6, 6.07) is 17.0. The Morgan fingerprint density at radius 2 is 1.68 bits per heavy atom. The molecule has 0 bridgehead atoms. The zero-order chi connectivity index (χ0) is 15.1.